The van der Waals surface area contributed by atoms with Crippen molar-refractivity contribution in [1.29, 1.82) is 0 Å². The van der Waals surface area contributed by atoms with Crippen molar-refractivity contribution in [3.05, 3.63) is 53.6 Å². The van der Waals surface area contributed by atoms with Gasteiger partial charge in [0.15, 0.2) is 0 Å². The van der Waals surface area contributed by atoms with Crippen LogP contribution in [-0.4, -0.2) is 40.1 Å². The van der Waals surface area contributed by atoms with Gasteiger partial charge < -0.3 is 15.4 Å². The van der Waals surface area contributed by atoms with Crippen LogP contribution in [0.5, 0.6) is 5.75 Å². The Morgan fingerprint density at radius 2 is 1.76 bits per heavy atom. The van der Waals surface area contributed by atoms with Gasteiger partial charge >= 0.3 is 0 Å². The maximum Gasteiger partial charge on any atom is 0.253 e. The normalized spacial score (nSPS) is 10.9. The number of hydrogen-bond donors (Lipinski definition) is 3. The number of amides is 2. The molecular weight excluding hydrogens is 394 g/mol. The van der Waals surface area contributed by atoms with Gasteiger partial charge in [0.1, 0.15) is 5.75 Å². The molecule has 0 bridgehead atoms. The van der Waals surface area contributed by atoms with Crippen molar-refractivity contribution in [2.45, 2.75) is 19.8 Å². The lowest BCUT2D eigenvalue weighted by Crippen LogP contribution is -2.26. The second kappa shape index (κ2) is 9.92. The fourth-order valence-electron chi connectivity index (χ4n) is 2.68. The second-order valence-electron chi connectivity index (χ2n) is 6.52. The van der Waals surface area contributed by atoms with E-state index in [1.54, 1.807) is 7.11 Å². The van der Waals surface area contributed by atoms with E-state index < -0.39 is 15.9 Å². The van der Waals surface area contributed by atoms with Gasteiger partial charge in [-0.05, 0) is 48.7 Å². The lowest BCUT2D eigenvalue weighted by atomic mass is 10.1. The molecule has 0 radical (unpaired) electrons. The molecule has 0 atom stereocenters. The van der Waals surface area contributed by atoms with E-state index in [-0.39, 0.29) is 17.2 Å². The molecule has 8 nitrogen and oxygen atoms in total. The highest BCUT2D eigenvalue weighted by atomic mass is 32.2. The van der Waals surface area contributed by atoms with Crippen LogP contribution in [0.2, 0.25) is 0 Å². The summed E-state index contributed by atoms with van der Waals surface area (Å²) in [5.74, 6) is 0.0600. The fourth-order valence-corrected chi connectivity index (χ4v) is 3.26. The molecule has 156 valence electrons. The molecule has 2 amide bonds. The SMILES string of the molecule is COc1ccc(CCCNC(=O)c2cc(NC(C)=O)ccc2NS(C)(=O)=O)cc1. The Kier molecular flexibility index (Phi) is 7.60. The maximum absolute atomic E-state index is 12.6. The topological polar surface area (TPSA) is 114 Å². The minimum Gasteiger partial charge on any atom is -0.497 e. The molecule has 3 N–H and O–H groups in total. The largest absolute Gasteiger partial charge is 0.497 e. The van der Waals surface area contributed by atoms with Crippen LogP contribution in [-0.2, 0) is 21.2 Å². The molecule has 0 unspecified atom stereocenters. The van der Waals surface area contributed by atoms with Crippen LogP contribution in [0, 0.1) is 0 Å². The number of ether oxygens (including phenoxy) is 1. The van der Waals surface area contributed by atoms with Crippen LogP contribution < -0.4 is 20.1 Å². The summed E-state index contributed by atoms with van der Waals surface area (Å²) in [4.78, 5) is 23.9. The van der Waals surface area contributed by atoms with Crippen LogP contribution in [0.1, 0.15) is 29.3 Å². The third-order valence-corrected chi connectivity index (χ3v) is 4.56. The Labute approximate surface area is 170 Å². The standard InChI is InChI=1S/C20H25N3O5S/c1-14(24)22-16-8-11-19(23-29(3,26)27)18(13-16)20(25)21-12-4-5-15-6-9-17(28-2)10-7-15/h6-11,13,23H,4-5,12H2,1-3H3,(H,21,25)(H,22,24). The molecule has 0 fully saturated rings. The number of nitrogens with one attached hydrogen (secondary N) is 3. The summed E-state index contributed by atoms with van der Waals surface area (Å²) in [5.41, 5.74) is 1.80. The number of carbonyl (C=O) groups excluding carboxylic acids is 2. The first-order valence-electron chi connectivity index (χ1n) is 8.98. The van der Waals surface area contributed by atoms with Crippen LogP contribution in [0.4, 0.5) is 11.4 Å². The predicted molar refractivity (Wildman–Crippen MR) is 113 cm³/mol. The summed E-state index contributed by atoms with van der Waals surface area (Å²) in [6.07, 6.45) is 2.48. The van der Waals surface area contributed by atoms with Crippen molar-refractivity contribution < 1.29 is 22.7 Å². The van der Waals surface area contributed by atoms with Crippen molar-refractivity contribution in [2.75, 3.05) is 29.9 Å². The zero-order chi connectivity index (χ0) is 21.4. The summed E-state index contributed by atoms with van der Waals surface area (Å²) in [5, 5.41) is 5.37. The van der Waals surface area contributed by atoms with Gasteiger partial charge in [0.2, 0.25) is 15.9 Å². The summed E-state index contributed by atoms with van der Waals surface area (Å²) in [6, 6.07) is 12.1. The van der Waals surface area contributed by atoms with Gasteiger partial charge in [-0.3, -0.25) is 14.3 Å². The van der Waals surface area contributed by atoms with Crippen molar-refractivity contribution in [3.8, 4) is 5.75 Å². The Morgan fingerprint density at radius 3 is 2.34 bits per heavy atom. The number of hydrogen-bond acceptors (Lipinski definition) is 5. The number of benzene rings is 2. The summed E-state index contributed by atoms with van der Waals surface area (Å²) in [6.45, 7) is 1.76. The van der Waals surface area contributed by atoms with Gasteiger partial charge in [-0.15, -0.1) is 0 Å². The first-order chi connectivity index (χ1) is 13.7. The number of sulfonamides is 1. The highest BCUT2D eigenvalue weighted by molar-refractivity contribution is 7.92. The Bertz CT molecular complexity index is 972. The first kappa shape index (κ1) is 22.2. The predicted octanol–water partition coefficient (Wildman–Crippen LogP) is 2.39. The molecule has 0 aliphatic heterocycles. The number of rotatable bonds is 9. The van der Waals surface area contributed by atoms with Crippen LogP contribution in [0.15, 0.2) is 42.5 Å². The lowest BCUT2D eigenvalue weighted by Gasteiger charge is -2.13. The average Bonchev–Trinajstić information content (AvgIpc) is 2.65. The second-order valence-corrected chi connectivity index (χ2v) is 8.27. The zero-order valence-electron chi connectivity index (χ0n) is 16.6. The molecule has 9 heteroatoms. The molecule has 0 aromatic heterocycles. The molecule has 2 aromatic carbocycles. The minimum absolute atomic E-state index is 0.131. The van der Waals surface area contributed by atoms with Crippen molar-refractivity contribution in [1.82, 2.24) is 5.32 Å². The quantitative estimate of drug-likeness (QED) is 0.540. The van der Waals surface area contributed by atoms with Gasteiger partial charge in [-0.2, -0.15) is 0 Å². The van der Waals surface area contributed by atoms with E-state index in [0.717, 1.165) is 24.0 Å². The molecular formula is C20H25N3O5S. The highest BCUT2D eigenvalue weighted by Gasteiger charge is 2.15. The number of aryl methyl sites for hydroxylation is 1. The summed E-state index contributed by atoms with van der Waals surface area (Å²) >= 11 is 0. The van der Waals surface area contributed by atoms with Gasteiger partial charge in [0.25, 0.3) is 5.91 Å². The number of methoxy groups -OCH3 is 1. The van der Waals surface area contributed by atoms with Crippen molar-refractivity contribution >= 4 is 33.2 Å². The minimum atomic E-state index is -3.56. The van der Waals surface area contributed by atoms with E-state index in [1.807, 2.05) is 24.3 Å². The monoisotopic (exact) mass is 419 g/mol. The molecule has 0 spiro atoms. The van der Waals surface area contributed by atoms with E-state index in [1.165, 1.54) is 25.1 Å². The van der Waals surface area contributed by atoms with Gasteiger partial charge in [0, 0.05) is 19.2 Å². The lowest BCUT2D eigenvalue weighted by molar-refractivity contribution is -0.114. The van der Waals surface area contributed by atoms with Crippen LogP contribution in [0.3, 0.4) is 0 Å². The molecule has 2 rings (SSSR count). The number of anilines is 2. The highest BCUT2D eigenvalue weighted by Crippen LogP contribution is 2.22. The van der Waals surface area contributed by atoms with Gasteiger partial charge in [-0.1, -0.05) is 12.1 Å². The third kappa shape index (κ3) is 7.46. The summed E-state index contributed by atoms with van der Waals surface area (Å²) in [7, 11) is -1.95. The van der Waals surface area contributed by atoms with E-state index in [4.69, 9.17) is 4.74 Å². The molecule has 29 heavy (non-hydrogen) atoms. The maximum atomic E-state index is 12.6. The zero-order valence-corrected chi connectivity index (χ0v) is 17.4. The molecule has 0 heterocycles. The van der Waals surface area contributed by atoms with Crippen molar-refractivity contribution in [3.63, 3.8) is 0 Å². The van der Waals surface area contributed by atoms with Gasteiger partial charge in [0.05, 0.1) is 24.6 Å². The van der Waals surface area contributed by atoms with Crippen LogP contribution in [0.25, 0.3) is 0 Å². The van der Waals surface area contributed by atoms with E-state index in [0.29, 0.717) is 18.7 Å². The third-order valence-electron chi connectivity index (χ3n) is 3.97. The first-order valence-corrected chi connectivity index (χ1v) is 10.9. The molecule has 0 saturated heterocycles. The molecule has 2 aromatic rings. The average molecular weight is 420 g/mol. The Balaban J connectivity index is 2.03. The molecule has 0 aliphatic carbocycles. The van der Waals surface area contributed by atoms with Crippen molar-refractivity contribution in [2.24, 2.45) is 0 Å². The molecule has 0 aliphatic rings. The fraction of sp³-hybridized carbons (Fsp3) is 0.300. The van der Waals surface area contributed by atoms with Crippen LogP contribution >= 0.6 is 0 Å². The number of carbonyl (C=O) groups is 2. The van der Waals surface area contributed by atoms with E-state index in [2.05, 4.69) is 15.4 Å². The smallest absolute Gasteiger partial charge is 0.253 e. The Morgan fingerprint density at radius 1 is 1.07 bits per heavy atom. The molecule has 0 saturated carbocycles. The van der Waals surface area contributed by atoms with E-state index in [9.17, 15) is 18.0 Å². The van der Waals surface area contributed by atoms with Gasteiger partial charge in [-0.25, -0.2) is 8.42 Å². The Hall–Kier alpha value is -3.07. The van der Waals surface area contributed by atoms with E-state index >= 15 is 0 Å². The summed E-state index contributed by atoms with van der Waals surface area (Å²) < 4.78 is 30.6.